The highest BCUT2D eigenvalue weighted by molar-refractivity contribution is 7.98. The second kappa shape index (κ2) is 7.80. The standard InChI is InChI=1S/C23H21N3S/c1-17-10-6-8-14-20(17)22-24-25-23(27-16-19-12-4-3-5-13-19)26(22)21-15-9-7-11-18(21)2/h3-15H,16H2,1-2H3. The molecule has 134 valence electrons. The summed E-state index contributed by atoms with van der Waals surface area (Å²) in [6.45, 7) is 4.24. The second-order valence-electron chi connectivity index (χ2n) is 6.52. The highest BCUT2D eigenvalue weighted by Crippen LogP contribution is 2.32. The predicted octanol–water partition coefficient (Wildman–Crippen LogP) is 5.84. The maximum atomic E-state index is 4.57. The molecule has 0 saturated carbocycles. The van der Waals surface area contributed by atoms with Gasteiger partial charge in [-0.05, 0) is 36.6 Å². The van der Waals surface area contributed by atoms with Crippen molar-refractivity contribution in [3.63, 3.8) is 0 Å². The average molecular weight is 372 g/mol. The van der Waals surface area contributed by atoms with E-state index in [-0.39, 0.29) is 0 Å². The zero-order valence-corrected chi connectivity index (χ0v) is 16.3. The molecular formula is C23H21N3S. The summed E-state index contributed by atoms with van der Waals surface area (Å²) in [4.78, 5) is 0. The van der Waals surface area contributed by atoms with E-state index in [4.69, 9.17) is 0 Å². The van der Waals surface area contributed by atoms with Crippen molar-refractivity contribution in [2.24, 2.45) is 0 Å². The maximum absolute atomic E-state index is 4.57. The van der Waals surface area contributed by atoms with Gasteiger partial charge in [0, 0.05) is 11.3 Å². The van der Waals surface area contributed by atoms with Crippen molar-refractivity contribution in [1.82, 2.24) is 14.8 Å². The molecule has 0 radical (unpaired) electrons. The Bertz CT molecular complexity index is 1050. The normalized spacial score (nSPS) is 10.9. The summed E-state index contributed by atoms with van der Waals surface area (Å²) in [5, 5.41) is 10.0. The van der Waals surface area contributed by atoms with Crippen LogP contribution in [0.4, 0.5) is 0 Å². The Balaban J connectivity index is 1.80. The van der Waals surface area contributed by atoms with E-state index >= 15 is 0 Å². The molecule has 0 aliphatic carbocycles. The smallest absolute Gasteiger partial charge is 0.196 e. The van der Waals surface area contributed by atoms with Crippen molar-refractivity contribution in [2.45, 2.75) is 24.8 Å². The van der Waals surface area contributed by atoms with Crippen molar-refractivity contribution in [2.75, 3.05) is 0 Å². The van der Waals surface area contributed by atoms with Crippen LogP contribution in [0.3, 0.4) is 0 Å². The van der Waals surface area contributed by atoms with Gasteiger partial charge < -0.3 is 0 Å². The third-order valence-corrected chi connectivity index (χ3v) is 5.59. The van der Waals surface area contributed by atoms with Crippen molar-refractivity contribution in [1.29, 1.82) is 0 Å². The van der Waals surface area contributed by atoms with Gasteiger partial charge in [0.2, 0.25) is 0 Å². The number of aryl methyl sites for hydroxylation is 2. The van der Waals surface area contributed by atoms with Crippen molar-refractivity contribution >= 4 is 11.8 Å². The van der Waals surface area contributed by atoms with Gasteiger partial charge in [-0.15, -0.1) is 10.2 Å². The SMILES string of the molecule is Cc1ccccc1-c1nnc(SCc2ccccc2)n1-c1ccccc1C. The molecule has 4 heteroatoms. The van der Waals surface area contributed by atoms with Gasteiger partial charge in [0.1, 0.15) is 0 Å². The molecule has 1 heterocycles. The lowest BCUT2D eigenvalue weighted by Gasteiger charge is -2.14. The number of hydrogen-bond acceptors (Lipinski definition) is 3. The molecule has 0 unspecified atom stereocenters. The molecule has 0 atom stereocenters. The van der Waals surface area contributed by atoms with Crippen LogP contribution >= 0.6 is 11.8 Å². The topological polar surface area (TPSA) is 30.7 Å². The second-order valence-corrected chi connectivity index (χ2v) is 7.46. The Morgan fingerprint density at radius 1 is 0.741 bits per heavy atom. The van der Waals surface area contributed by atoms with Gasteiger partial charge in [-0.25, -0.2) is 0 Å². The van der Waals surface area contributed by atoms with Crippen LogP contribution in [0.5, 0.6) is 0 Å². The maximum Gasteiger partial charge on any atom is 0.196 e. The van der Waals surface area contributed by atoms with Crippen LogP contribution in [0.15, 0.2) is 84.0 Å². The molecule has 4 rings (SSSR count). The number of nitrogens with zero attached hydrogens (tertiary/aromatic N) is 3. The van der Waals surface area contributed by atoms with E-state index in [2.05, 4.69) is 101 Å². The lowest BCUT2D eigenvalue weighted by molar-refractivity contribution is 0.880. The Kier molecular flexibility index (Phi) is 5.07. The minimum Gasteiger partial charge on any atom is -0.270 e. The lowest BCUT2D eigenvalue weighted by Crippen LogP contribution is -2.02. The van der Waals surface area contributed by atoms with Crippen LogP contribution in [-0.2, 0) is 5.75 Å². The monoisotopic (exact) mass is 371 g/mol. The van der Waals surface area contributed by atoms with Gasteiger partial charge in [-0.1, -0.05) is 84.6 Å². The van der Waals surface area contributed by atoms with Gasteiger partial charge >= 0.3 is 0 Å². The number of benzene rings is 3. The van der Waals surface area contributed by atoms with E-state index in [0.717, 1.165) is 28.0 Å². The molecule has 0 aliphatic heterocycles. The summed E-state index contributed by atoms with van der Waals surface area (Å²) >= 11 is 1.71. The molecule has 0 N–H and O–H groups in total. The van der Waals surface area contributed by atoms with E-state index < -0.39 is 0 Å². The number of para-hydroxylation sites is 1. The Labute approximate surface area is 164 Å². The first-order valence-electron chi connectivity index (χ1n) is 8.98. The molecule has 0 spiro atoms. The number of rotatable bonds is 5. The largest absolute Gasteiger partial charge is 0.270 e. The summed E-state index contributed by atoms with van der Waals surface area (Å²) in [7, 11) is 0. The molecule has 27 heavy (non-hydrogen) atoms. The van der Waals surface area contributed by atoms with E-state index in [1.807, 2.05) is 6.07 Å². The lowest BCUT2D eigenvalue weighted by atomic mass is 10.1. The third-order valence-electron chi connectivity index (χ3n) is 4.59. The number of thioether (sulfide) groups is 1. The molecule has 0 saturated heterocycles. The zero-order valence-electron chi connectivity index (χ0n) is 15.5. The molecule has 3 aromatic carbocycles. The van der Waals surface area contributed by atoms with Crippen molar-refractivity contribution < 1.29 is 0 Å². The Hall–Kier alpha value is -2.85. The van der Waals surface area contributed by atoms with Crippen LogP contribution in [0.1, 0.15) is 16.7 Å². The molecule has 0 fully saturated rings. The first kappa shape index (κ1) is 17.6. The van der Waals surface area contributed by atoms with Gasteiger partial charge in [0.15, 0.2) is 11.0 Å². The quantitative estimate of drug-likeness (QED) is 0.413. The van der Waals surface area contributed by atoms with Gasteiger partial charge in [-0.3, -0.25) is 4.57 Å². The molecule has 4 aromatic rings. The fourth-order valence-electron chi connectivity index (χ4n) is 3.12. The van der Waals surface area contributed by atoms with Gasteiger partial charge in [0.05, 0.1) is 5.69 Å². The predicted molar refractivity (Wildman–Crippen MR) is 112 cm³/mol. The Morgan fingerprint density at radius 2 is 1.41 bits per heavy atom. The summed E-state index contributed by atoms with van der Waals surface area (Å²) in [5.41, 5.74) is 5.91. The fourth-order valence-corrected chi connectivity index (χ4v) is 4.02. The molecule has 0 bridgehead atoms. The summed E-state index contributed by atoms with van der Waals surface area (Å²) in [6, 6.07) is 27.2. The van der Waals surface area contributed by atoms with Crippen LogP contribution in [0.25, 0.3) is 17.1 Å². The van der Waals surface area contributed by atoms with Crippen molar-refractivity contribution in [3.05, 3.63) is 95.6 Å². The highest BCUT2D eigenvalue weighted by atomic mass is 32.2. The first-order chi connectivity index (χ1) is 13.2. The van der Waals surface area contributed by atoms with Gasteiger partial charge in [0.25, 0.3) is 0 Å². The Morgan fingerprint density at radius 3 is 2.15 bits per heavy atom. The summed E-state index contributed by atoms with van der Waals surface area (Å²) < 4.78 is 2.19. The minimum atomic E-state index is 0.860. The summed E-state index contributed by atoms with van der Waals surface area (Å²) in [6.07, 6.45) is 0. The summed E-state index contributed by atoms with van der Waals surface area (Å²) in [5.74, 6) is 1.75. The van der Waals surface area contributed by atoms with Crippen LogP contribution in [-0.4, -0.2) is 14.8 Å². The fraction of sp³-hybridized carbons (Fsp3) is 0.130. The molecule has 1 aromatic heterocycles. The van der Waals surface area contributed by atoms with Crippen LogP contribution in [0.2, 0.25) is 0 Å². The molecule has 3 nitrogen and oxygen atoms in total. The number of aromatic nitrogens is 3. The molecular weight excluding hydrogens is 350 g/mol. The third kappa shape index (κ3) is 3.67. The average Bonchev–Trinajstić information content (AvgIpc) is 3.11. The highest BCUT2D eigenvalue weighted by Gasteiger charge is 2.18. The van der Waals surface area contributed by atoms with E-state index in [9.17, 15) is 0 Å². The van der Waals surface area contributed by atoms with E-state index in [1.54, 1.807) is 11.8 Å². The zero-order chi connectivity index (χ0) is 18.6. The van der Waals surface area contributed by atoms with E-state index in [1.165, 1.54) is 16.7 Å². The molecule has 0 amide bonds. The molecule has 0 aliphatic rings. The first-order valence-corrected chi connectivity index (χ1v) is 9.97. The van der Waals surface area contributed by atoms with Gasteiger partial charge in [-0.2, -0.15) is 0 Å². The van der Waals surface area contributed by atoms with Crippen molar-refractivity contribution in [3.8, 4) is 17.1 Å². The minimum absolute atomic E-state index is 0.860. The van der Waals surface area contributed by atoms with E-state index in [0.29, 0.717) is 0 Å². The number of hydrogen-bond donors (Lipinski definition) is 0. The van der Waals surface area contributed by atoms with Crippen LogP contribution < -0.4 is 0 Å². The van der Waals surface area contributed by atoms with Crippen LogP contribution in [0, 0.1) is 13.8 Å².